The number of fused-ring (bicyclic) bond motifs is 3. The van der Waals surface area contributed by atoms with E-state index in [1.165, 1.54) is 43.2 Å². The van der Waals surface area contributed by atoms with Crippen LogP contribution in [0.25, 0.3) is 11.3 Å². The van der Waals surface area contributed by atoms with Crippen molar-refractivity contribution in [1.29, 1.82) is 0 Å². The van der Waals surface area contributed by atoms with E-state index in [4.69, 9.17) is 4.74 Å². The molecule has 2 aromatic carbocycles. The van der Waals surface area contributed by atoms with E-state index in [2.05, 4.69) is 41.4 Å². The van der Waals surface area contributed by atoms with Crippen molar-refractivity contribution in [1.82, 2.24) is 9.55 Å². The third kappa shape index (κ3) is 4.72. The molecule has 1 saturated carbocycles. The zero-order chi connectivity index (χ0) is 21.0. The molecule has 5 heteroatoms. The van der Waals surface area contributed by atoms with E-state index in [1.807, 2.05) is 18.2 Å². The summed E-state index contributed by atoms with van der Waals surface area (Å²) in [7, 11) is 0. The molecule has 1 fully saturated rings. The molecule has 0 spiro atoms. The van der Waals surface area contributed by atoms with Gasteiger partial charge in [0.05, 0.1) is 12.3 Å². The van der Waals surface area contributed by atoms with Gasteiger partial charge in [-0.3, -0.25) is 4.57 Å². The number of ether oxygens (including phenoxy) is 1. The Hall–Kier alpha value is -2.53. The van der Waals surface area contributed by atoms with Gasteiger partial charge in [-0.2, -0.15) is 4.98 Å². The Bertz CT molecular complexity index is 1100. The maximum absolute atomic E-state index is 12.7. The predicted molar refractivity (Wildman–Crippen MR) is 126 cm³/mol. The molecular formula is C26H28N2O2S. The van der Waals surface area contributed by atoms with Crippen molar-refractivity contribution >= 4 is 11.8 Å². The fourth-order valence-electron chi connectivity index (χ4n) is 4.65. The summed E-state index contributed by atoms with van der Waals surface area (Å²) in [5.74, 6) is 2.45. The van der Waals surface area contributed by atoms with Gasteiger partial charge in [-0.05, 0) is 60.6 Å². The Labute approximate surface area is 187 Å². The van der Waals surface area contributed by atoms with Gasteiger partial charge in [0.1, 0.15) is 10.8 Å². The number of hydrogen-bond donors (Lipinski definition) is 0. The molecule has 0 N–H and O–H groups in total. The highest BCUT2D eigenvalue weighted by Gasteiger charge is 2.20. The van der Waals surface area contributed by atoms with Gasteiger partial charge in [0.25, 0.3) is 0 Å². The Morgan fingerprint density at radius 3 is 2.71 bits per heavy atom. The fraction of sp³-hybridized carbons (Fsp3) is 0.385. The van der Waals surface area contributed by atoms with Crippen molar-refractivity contribution in [2.24, 2.45) is 5.92 Å². The van der Waals surface area contributed by atoms with Crippen molar-refractivity contribution in [3.8, 4) is 17.0 Å². The predicted octanol–water partition coefficient (Wildman–Crippen LogP) is 5.72. The lowest BCUT2D eigenvalue weighted by atomic mass is 9.90. The number of aryl methyl sites for hydroxylation is 1. The van der Waals surface area contributed by atoms with Crippen LogP contribution in [0.3, 0.4) is 0 Å². The molecule has 1 aliphatic carbocycles. The molecule has 0 unspecified atom stereocenters. The number of thioether (sulfide) groups is 1. The molecular weight excluding hydrogens is 404 g/mol. The van der Waals surface area contributed by atoms with Crippen LogP contribution in [0.4, 0.5) is 0 Å². The second-order valence-corrected chi connectivity index (χ2v) is 9.57. The first kappa shape index (κ1) is 20.4. The largest absolute Gasteiger partial charge is 0.493 e. The second-order valence-electron chi connectivity index (χ2n) is 8.57. The van der Waals surface area contributed by atoms with Gasteiger partial charge in [0.15, 0.2) is 0 Å². The molecule has 0 amide bonds. The first-order chi connectivity index (χ1) is 15.3. The molecule has 31 heavy (non-hydrogen) atoms. The molecule has 1 aromatic heterocycles. The van der Waals surface area contributed by atoms with Crippen LogP contribution in [-0.4, -0.2) is 16.2 Å². The van der Waals surface area contributed by atoms with Crippen molar-refractivity contribution in [2.75, 3.05) is 6.61 Å². The number of aromatic nitrogens is 2. The first-order valence-electron chi connectivity index (χ1n) is 11.3. The first-order valence-corrected chi connectivity index (χ1v) is 12.3. The number of nitrogens with zero attached hydrogens (tertiary/aromatic N) is 2. The van der Waals surface area contributed by atoms with Crippen LogP contribution in [-0.2, 0) is 18.7 Å². The van der Waals surface area contributed by atoms with Crippen LogP contribution in [0.1, 0.15) is 43.2 Å². The normalized spacial score (nSPS) is 15.9. The number of rotatable bonds is 6. The van der Waals surface area contributed by atoms with E-state index in [0.717, 1.165) is 40.8 Å². The third-order valence-corrected chi connectivity index (χ3v) is 7.37. The van der Waals surface area contributed by atoms with E-state index in [9.17, 15) is 4.79 Å². The van der Waals surface area contributed by atoms with Gasteiger partial charge in [-0.25, -0.2) is 4.79 Å². The highest BCUT2D eigenvalue weighted by molar-refractivity contribution is 7.98. The van der Waals surface area contributed by atoms with Gasteiger partial charge in [0.2, 0.25) is 0 Å². The fourth-order valence-corrected chi connectivity index (χ4v) is 5.49. The average Bonchev–Trinajstić information content (AvgIpc) is 2.82. The van der Waals surface area contributed by atoms with Crippen LogP contribution in [0.5, 0.6) is 5.75 Å². The molecule has 0 bridgehead atoms. The minimum Gasteiger partial charge on any atom is -0.493 e. The van der Waals surface area contributed by atoms with Gasteiger partial charge in [-0.15, -0.1) is 11.8 Å². The van der Waals surface area contributed by atoms with Gasteiger partial charge >= 0.3 is 5.69 Å². The van der Waals surface area contributed by atoms with Crippen LogP contribution in [0.2, 0.25) is 0 Å². The van der Waals surface area contributed by atoms with Crippen molar-refractivity contribution in [2.45, 2.75) is 55.8 Å². The summed E-state index contributed by atoms with van der Waals surface area (Å²) in [6, 6.07) is 18.7. The molecule has 0 radical (unpaired) electrons. The molecule has 5 rings (SSSR count). The zero-order valence-corrected chi connectivity index (χ0v) is 18.6. The molecule has 0 saturated heterocycles. The Morgan fingerprint density at radius 1 is 1.03 bits per heavy atom. The minimum absolute atomic E-state index is 0.156. The summed E-state index contributed by atoms with van der Waals surface area (Å²) < 4.78 is 7.95. The maximum Gasteiger partial charge on any atom is 0.349 e. The van der Waals surface area contributed by atoms with Crippen LogP contribution in [0, 0.1) is 5.92 Å². The quantitative estimate of drug-likeness (QED) is 0.369. The van der Waals surface area contributed by atoms with E-state index in [0.29, 0.717) is 12.5 Å². The van der Waals surface area contributed by atoms with Crippen molar-refractivity contribution in [3.63, 3.8) is 0 Å². The summed E-state index contributed by atoms with van der Waals surface area (Å²) in [6.07, 6.45) is 7.45. The summed E-state index contributed by atoms with van der Waals surface area (Å²) in [6.45, 7) is 1.49. The van der Waals surface area contributed by atoms with E-state index >= 15 is 0 Å². The Morgan fingerprint density at radius 2 is 1.87 bits per heavy atom. The van der Waals surface area contributed by atoms with Crippen LogP contribution >= 0.6 is 11.8 Å². The van der Waals surface area contributed by atoms with E-state index in [-0.39, 0.29) is 5.69 Å². The maximum atomic E-state index is 12.7. The molecule has 3 aromatic rings. The van der Waals surface area contributed by atoms with E-state index in [1.54, 1.807) is 16.3 Å². The number of benzene rings is 2. The summed E-state index contributed by atoms with van der Waals surface area (Å²) in [5, 5.41) is 0.783. The molecule has 0 atom stereocenters. The van der Waals surface area contributed by atoms with E-state index < -0.39 is 0 Å². The zero-order valence-electron chi connectivity index (χ0n) is 17.8. The average molecular weight is 433 g/mol. The lowest BCUT2D eigenvalue weighted by molar-refractivity contribution is 0.208. The third-order valence-electron chi connectivity index (χ3n) is 6.39. The second kappa shape index (κ2) is 9.31. The van der Waals surface area contributed by atoms with Crippen molar-refractivity contribution < 1.29 is 4.74 Å². The SMILES string of the molecule is O=c1nc(SCc2ccccc2)cc2n1CCc1cc(OCC3CCCCC3)ccc1-2. The lowest BCUT2D eigenvalue weighted by Gasteiger charge is -2.24. The molecule has 4 nitrogen and oxygen atoms in total. The highest BCUT2D eigenvalue weighted by Crippen LogP contribution is 2.33. The van der Waals surface area contributed by atoms with Gasteiger partial charge in [-0.1, -0.05) is 49.6 Å². The Balaban J connectivity index is 1.34. The molecule has 160 valence electrons. The molecule has 2 aliphatic rings. The van der Waals surface area contributed by atoms with Crippen LogP contribution < -0.4 is 10.4 Å². The summed E-state index contributed by atoms with van der Waals surface area (Å²) in [5.41, 5.74) is 4.42. The smallest absolute Gasteiger partial charge is 0.349 e. The minimum atomic E-state index is -0.156. The molecule has 1 aliphatic heterocycles. The monoisotopic (exact) mass is 432 g/mol. The topological polar surface area (TPSA) is 44.1 Å². The van der Waals surface area contributed by atoms with Gasteiger partial charge in [0, 0.05) is 17.9 Å². The Kier molecular flexibility index (Phi) is 6.12. The standard InChI is InChI=1S/C26H28N2O2S/c29-26-27-25(31-18-20-9-5-2-6-10-20)16-24-23-12-11-22(15-21(23)13-14-28(24)26)30-17-19-7-3-1-4-8-19/h2,5-6,9-12,15-16,19H,1,3-4,7-8,13-14,17-18H2. The lowest BCUT2D eigenvalue weighted by Crippen LogP contribution is -2.28. The van der Waals surface area contributed by atoms with Gasteiger partial charge < -0.3 is 4.74 Å². The molecule has 2 heterocycles. The summed E-state index contributed by atoms with van der Waals surface area (Å²) >= 11 is 1.61. The number of hydrogen-bond acceptors (Lipinski definition) is 4. The van der Waals surface area contributed by atoms with Crippen LogP contribution in [0.15, 0.2) is 64.4 Å². The summed E-state index contributed by atoms with van der Waals surface area (Å²) in [4.78, 5) is 17.0. The highest BCUT2D eigenvalue weighted by atomic mass is 32.2. The van der Waals surface area contributed by atoms with Crippen molar-refractivity contribution in [3.05, 3.63) is 76.2 Å².